The van der Waals surface area contributed by atoms with Gasteiger partial charge in [-0.05, 0) is 87.9 Å². The first-order valence-electron chi connectivity index (χ1n) is 17.4. The fourth-order valence-electron chi connectivity index (χ4n) is 10.5. The third kappa shape index (κ3) is 5.98. The van der Waals surface area contributed by atoms with Gasteiger partial charge in [-0.3, -0.25) is 4.79 Å². The minimum Gasteiger partial charge on any atom is -0.461 e. The van der Waals surface area contributed by atoms with E-state index in [-0.39, 0.29) is 35.4 Å². The number of allylic oxidation sites excluding steroid dienone is 2. The maximum Gasteiger partial charge on any atom is 0.328 e. The van der Waals surface area contributed by atoms with Crippen LogP contribution in [0.1, 0.15) is 90.7 Å². The van der Waals surface area contributed by atoms with E-state index in [9.17, 15) is 30.3 Å². The Hall–Kier alpha value is -1.97. The number of fused-ring (bicyclic) bond motifs is 5. The second-order valence-electron chi connectivity index (χ2n) is 15.6. The lowest BCUT2D eigenvalue weighted by atomic mass is 9.40. The average Bonchev–Trinajstić information content (AvgIpc) is 3.63. The number of rotatable bonds is 9. The predicted octanol–water partition coefficient (Wildman–Crippen LogP) is 1.33. The summed E-state index contributed by atoms with van der Waals surface area (Å²) in [6, 6.07) is 0. The molecule has 4 aliphatic carbocycles. The Labute approximate surface area is 276 Å². The van der Waals surface area contributed by atoms with E-state index in [2.05, 4.69) is 43.2 Å². The first-order chi connectivity index (χ1) is 22.3. The molecule has 7 N–H and O–H groups in total. The maximum absolute atomic E-state index is 13.0. The van der Waals surface area contributed by atoms with E-state index in [4.69, 9.17) is 19.9 Å². The smallest absolute Gasteiger partial charge is 0.328 e. The number of nitrogens with two attached hydrogens (primary N) is 1. The number of carbonyl (C=O) groups excluding carboxylic acids is 1. The number of aliphatic hydroxyl groups is 5. The molecule has 47 heavy (non-hydrogen) atoms. The third-order valence-corrected chi connectivity index (χ3v) is 13.2. The highest BCUT2D eigenvalue weighted by Gasteiger charge is 2.69. The van der Waals surface area contributed by atoms with Crippen LogP contribution in [0.15, 0.2) is 18.3 Å². The van der Waals surface area contributed by atoms with E-state index in [1.807, 2.05) is 0 Å². The van der Waals surface area contributed by atoms with Crippen molar-refractivity contribution in [3.8, 4) is 0 Å². The predicted molar refractivity (Wildman–Crippen MR) is 168 cm³/mol. The molecule has 0 radical (unpaired) electrons. The Balaban J connectivity index is 1.03. The largest absolute Gasteiger partial charge is 0.461 e. The van der Waals surface area contributed by atoms with E-state index in [0.717, 1.165) is 38.5 Å². The van der Waals surface area contributed by atoms with E-state index in [1.165, 1.54) is 17.3 Å². The summed E-state index contributed by atoms with van der Waals surface area (Å²) in [7, 11) is 0. The van der Waals surface area contributed by atoms with Gasteiger partial charge in [0.2, 0.25) is 0 Å². The van der Waals surface area contributed by atoms with Gasteiger partial charge in [-0.2, -0.15) is 0 Å². The summed E-state index contributed by atoms with van der Waals surface area (Å²) in [5.41, 5.74) is 6.47. The van der Waals surface area contributed by atoms with Gasteiger partial charge in [-0.25, -0.2) is 4.68 Å². The molecule has 13 heteroatoms. The van der Waals surface area contributed by atoms with Gasteiger partial charge in [0, 0.05) is 17.4 Å². The zero-order valence-electron chi connectivity index (χ0n) is 27.9. The number of hydrogen-bond acceptors (Lipinski definition) is 12. The SMILES string of the molecule is C/C=C/CC1CCC2C1(C)CC[C@@H]1C3(C)CCC(OC(=O)Cn4cc(COC5OC(CO)C(O)C(O)C5O)nn4)C[C@]3(O)CC[C@]21N. The molecule has 6 rings (SSSR count). The van der Waals surface area contributed by atoms with Crippen molar-refractivity contribution in [3.05, 3.63) is 24.0 Å². The molecule has 0 amide bonds. The molecular weight excluding hydrogens is 608 g/mol. The maximum atomic E-state index is 13.0. The van der Waals surface area contributed by atoms with Gasteiger partial charge in [-0.1, -0.05) is 31.2 Å². The molecule has 13 atom stereocenters. The van der Waals surface area contributed by atoms with Crippen LogP contribution in [0.25, 0.3) is 0 Å². The number of carbonyl (C=O) groups is 1. The fraction of sp³-hybridized carbons (Fsp3) is 0.853. The van der Waals surface area contributed by atoms with Crippen molar-refractivity contribution >= 4 is 5.97 Å². The van der Waals surface area contributed by atoms with Gasteiger partial charge in [0.15, 0.2) is 6.29 Å². The molecule has 10 unspecified atom stereocenters. The second-order valence-corrected chi connectivity index (χ2v) is 15.6. The van der Waals surface area contributed by atoms with E-state index >= 15 is 0 Å². The van der Waals surface area contributed by atoms with Crippen molar-refractivity contribution in [1.29, 1.82) is 0 Å². The number of ether oxygens (including phenoxy) is 3. The number of esters is 1. The summed E-state index contributed by atoms with van der Waals surface area (Å²) in [5.74, 6) is 0.854. The Morgan fingerprint density at radius 1 is 1.09 bits per heavy atom. The topological polar surface area (TPSA) is 203 Å². The van der Waals surface area contributed by atoms with Crippen molar-refractivity contribution < 1.29 is 44.5 Å². The average molecular weight is 663 g/mol. The third-order valence-electron chi connectivity index (χ3n) is 13.2. The Morgan fingerprint density at radius 2 is 1.87 bits per heavy atom. The number of aliphatic hydroxyl groups excluding tert-OH is 4. The van der Waals surface area contributed by atoms with Crippen molar-refractivity contribution in [1.82, 2.24) is 15.0 Å². The summed E-state index contributed by atoms with van der Waals surface area (Å²) < 4.78 is 18.1. The van der Waals surface area contributed by atoms with Crippen molar-refractivity contribution in [2.75, 3.05) is 6.61 Å². The van der Waals surface area contributed by atoms with Crippen LogP contribution < -0.4 is 5.73 Å². The second kappa shape index (κ2) is 13.1. The van der Waals surface area contributed by atoms with Gasteiger partial charge >= 0.3 is 5.97 Å². The number of aromatic nitrogens is 3. The lowest BCUT2D eigenvalue weighted by Crippen LogP contribution is -2.72. The zero-order valence-corrected chi connectivity index (χ0v) is 27.9. The van der Waals surface area contributed by atoms with Crippen LogP contribution >= 0.6 is 0 Å². The highest BCUT2D eigenvalue weighted by atomic mass is 16.7. The van der Waals surface area contributed by atoms with Crippen LogP contribution in [0, 0.1) is 28.6 Å². The lowest BCUT2D eigenvalue weighted by Gasteiger charge is -2.67. The quantitative estimate of drug-likeness (QED) is 0.164. The fourth-order valence-corrected chi connectivity index (χ4v) is 10.5. The van der Waals surface area contributed by atoms with Crippen LogP contribution in [-0.2, 0) is 32.2 Å². The molecule has 1 aromatic rings. The molecule has 264 valence electrons. The molecule has 1 aliphatic heterocycles. The van der Waals surface area contributed by atoms with Crippen molar-refractivity contribution in [2.24, 2.45) is 34.3 Å². The van der Waals surface area contributed by atoms with Gasteiger partial charge in [-0.15, -0.1) is 5.10 Å². The lowest BCUT2D eigenvalue weighted by molar-refractivity contribution is -0.304. The molecule has 13 nitrogen and oxygen atoms in total. The molecule has 2 heterocycles. The summed E-state index contributed by atoms with van der Waals surface area (Å²) in [6.45, 7) is 5.89. The van der Waals surface area contributed by atoms with Crippen LogP contribution in [0.4, 0.5) is 0 Å². The minimum absolute atomic E-state index is 0.160. The molecule has 4 saturated carbocycles. The first-order valence-corrected chi connectivity index (χ1v) is 17.4. The highest BCUT2D eigenvalue weighted by Crippen LogP contribution is 2.69. The van der Waals surface area contributed by atoms with Gasteiger partial charge < -0.3 is 45.5 Å². The summed E-state index contributed by atoms with van der Waals surface area (Å²) in [4.78, 5) is 13.0. The van der Waals surface area contributed by atoms with Crippen LogP contribution in [-0.4, -0.2) is 101 Å². The Kier molecular flexibility index (Phi) is 9.69. The molecular formula is C34H54N4O9. The van der Waals surface area contributed by atoms with E-state index < -0.39 is 55.0 Å². The summed E-state index contributed by atoms with van der Waals surface area (Å²) in [5, 5.41) is 59.6. The standard InChI is InChI=1S/C34H54N4O9/c1-4-5-6-20-7-8-24-31(20,2)11-10-25-32(3)12-9-22(15-33(32,44)13-14-34(24,25)35)46-26(40)17-38-16-21(36-37-38)19-45-30-29(43)28(42)27(41)23(18-39)47-30/h4-5,16,20,22-25,27-30,39,41-44H,6-15,17-19,35H2,1-3H3/b5-4+/t20?,22?,23?,24?,25-,27?,28?,29?,30?,31?,32?,33-,34+/m1/s1. The minimum atomic E-state index is -1.55. The summed E-state index contributed by atoms with van der Waals surface area (Å²) in [6.07, 6.45) is 7.46. The van der Waals surface area contributed by atoms with Crippen molar-refractivity contribution in [2.45, 2.75) is 146 Å². The molecule has 5 aliphatic rings. The van der Waals surface area contributed by atoms with Gasteiger partial charge in [0.1, 0.15) is 42.8 Å². The van der Waals surface area contributed by atoms with Gasteiger partial charge in [0.05, 0.1) is 25.0 Å². The number of hydrogen-bond donors (Lipinski definition) is 6. The van der Waals surface area contributed by atoms with Crippen molar-refractivity contribution in [3.63, 3.8) is 0 Å². The monoisotopic (exact) mass is 662 g/mol. The van der Waals surface area contributed by atoms with E-state index in [1.54, 1.807) is 0 Å². The summed E-state index contributed by atoms with van der Waals surface area (Å²) >= 11 is 0. The zero-order chi connectivity index (χ0) is 33.8. The normalized spacial score (nSPS) is 46.5. The first kappa shape index (κ1) is 34.9. The Morgan fingerprint density at radius 3 is 2.62 bits per heavy atom. The highest BCUT2D eigenvalue weighted by molar-refractivity contribution is 5.69. The van der Waals surface area contributed by atoms with Crippen LogP contribution in [0.2, 0.25) is 0 Å². The van der Waals surface area contributed by atoms with Gasteiger partial charge in [0.25, 0.3) is 0 Å². The Bertz CT molecular complexity index is 1310. The van der Waals surface area contributed by atoms with E-state index in [0.29, 0.717) is 36.8 Å². The molecule has 0 bridgehead atoms. The molecule has 1 aromatic heterocycles. The molecule has 1 saturated heterocycles. The van der Waals surface area contributed by atoms with Crippen LogP contribution in [0.5, 0.6) is 0 Å². The van der Waals surface area contributed by atoms with Crippen LogP contribution in [0.3, 0.4) is 0 Å². The molecule has 0 aromatic carbocycles. The molecule has 5 fully saturated rings. The molecule has 0 spiro atoms. The number of nitrogens with zero attached hydrogens (tertiary/aromatic N) is 3.